The van der Waals surface area contributed by atoms with Crippen LogP contribution in [0.2, 0.25) is 0 Å². The molecule has 0 amide bonds. The smallest absolute Gasteiger partial charge is 0.251 e. The number of H-pyrrole nitrogens is 1. The molecule has 0 spiro atoms. The van der Waals surface area contributed by atoms with Gasteiger partial charge in [0.05, 0.1) is 0 Å². The zero-order valence-electron chi connectivity index (χ0n) is 16.0. The fraction of sp³-hybridized carbons (Fsp3) is 0.435. The molecule has 0 bridgehead atoms. The fourth-order valence-corrected chi connectivity index (χ4v) is 4.46. The highest BCUT2D eigenvalue weighted by Gasteiger charge is 2.16. The maximum Gasteiger partial charge on any atom is 0.251 e. The van der Waals surface area contributed by atoms with Crippen molar-refractivity contribution in [2.45, 2.75) is 50.3 Å². The lowest BCUT2D eigenvalue weighted by Gasteiger charge is -2.13. The summed E-state index contributed by atoms with van der Waals surface area (Å²) in [5, 5.41) is 8.93. The quantitative estimate of drug-likeness (QED) is 0.496. The Morgan fingerprint density at radius 1 is 1.19 bits per heavy atom. The summed E-state index contributed by atoms with van der Waals surface area (Å²) in [6, 6.07) is 12.6. The number of aromatic nitrogens is 1. The van der Waals surface area contributed by atoms with Gasteiger partial charge in [-0.05, 0) is 55.4 Å². The van der Waals surface area contributed by atoms with Crippen molar-refractivity contribution in [3.05, 3.63) is 69.6 Å². The summed E-state index contributed by atoms with van der Waals surface area (Å²) in [6.45, 7) is 2.24. The van der Waals surface area contributed by atoms with E-state index in [0.29, 0.717) is 5.92 Å². The number of aliphatic hydroxyl groups excluding tert-OH is 1. The van der Waals surface area contributed by atoms with E-state index in [-0.39, 0.29) is 12.2 Å². The zero-order chi connectivity index (χ0) is 19.1. The minimum Gasteiger partial charge on any atom is -0.396 e. The van der Waals surface area contributed by atoms with Crippen LogP contribution in [-0.2, 0) is 6.42 Å². The van der Waals surface area contributed by atoms with Crippen LogP contribution in [0.15, 0.2) is 52.2 Å². The highest BCUT2D eigenvalue weighted by Crippen LogP contribution is 2.32. The Hall–Kier alpha value is -1.78. The molecule has 2 aromatic rings. The Morgan fingerprint density at radius 3 is 2.56 bits per heavy atom. The van der Waals surface area contributed by atoms with Crippen LogP contribution >= 0.6 is 11.8 Å². The van der Waals surface area contributed by atoms with Crippen LogP contribution in [0.5, 0.6) is 0 Å². The number of rotatable bonds is 8. The molecule has 0 radical (unpaired) electrons. The summed E-state index contributed by atoms with van der Waals surface area (Å²) in [5.41, 5.74) is 4.03. The molecule has 2 N–H and O–H groups in total. The zero-order valence-corrected chi connectivity index (χ0v) is 16.9. The van der Waals surface area contributed by atoms with Gasteiger partial charge in [0.1, 0.15) is 0 Å². The monoisotopic (exact) mass is 383 g/mol. The standard InChI is InChI=1S/C23H29NO2S/c1-2-18-10-13-22(24-23(18)26)21(16-17-6-3-4-7-17)19-8-11-20(12-9-19)27-15-5-14-25/h8-13,16-17,25H,2-7,14-15H2,1H3,(H,24,26)/b21-16-. The fourth-order valence-electron chi connectivity index (χ4n) is 3.63. The average Bonchev–Trinajstić information content (AvgIpc) is 3.20. The molecule has 1 aromatic heterocycles. The van der Waals surface area contributed by atoms with Crippen LogP contribution in [-0.4, -0.2) is 22.5 Å². The van der Waals surface area contributed by atoms with Gasteiger partial charge >= 0.3 is 0 Å². The Kier molecular flexibility index (Phi) is 7.36. The number of aromatic amines is 1. The maximum atomic E-state index is 12.3. The van der Waals surface area contributed by atoms with E-state index in [9.17, 15) is 4.79 Å². The molecule has 1 aromatic carbocycles. The molecule has 1 heterocycles. The predicted molar refractivity (Wildman–Crippen MR) is 114 cm³/mol. The van der Waals surface area contributed by atoms with E-state index in [2.05, 4.69) is 35.3 Å². The molecule has 3 rings (SSSR count). The molecule has 144 valence electrons. The second-order valence-corrected chi connectivity index (χ2v) is 8.32. The van der Waals surface area contributed by atoms with Crippen LogP contribution in [0.3, 0.4) is 0 Å². The minimum atomic E-state index is 0.0171. The maximum absolute atomic E-state index is 12.3. The number of benzene rings is 1. The van der Waals surface area contributed by atoms with E-state index in [1.807, 2.05) is 19.1 Å². The van der Waals surface area contributed by atoms with Gasteiger partial charge in [-0.3, -0.25) is 4.79 Å². The summed E-state index contributed by atoms with van der Waals surface area (Å²) in [6.07, 6.45) is 8.96. The first kappa shape index (κ1) is 20.0. The van der Waals surface area contributed by atoms with Crippen LogP contribution in [0.4, 0.5) is 0 Å². The SMILES string of the molecule is CCc1ccc(/C(=C\C2CCCC2)c2ccc(SCCCO)cc2)[nH]c1=O. The molecule has 0 aliphatic heterocycles. The Balaban J connectivity index is 1.90. The van der Waals surface area contributed by atoms with Gasteiger partial charge in [0, 0.05) is 34.1 Å². The van der Waals surface area contributed by atoms with Gasteiger partial charge in [0.2, 0.25) is 0 Å². The van der Waals surface area contributed by atoms with Gasteiger partial charge < -0.3 is 10.1 Å². The van der Waals surface area contributed by atoms with Crippen LogP contribution in [0, 0.1) is 5.92 Å². The van der Waals surface area contributed by atoms with Gasteiger partial charge in [-0.1, -0.05) is 44.0 Å². The first-order valence-corrected chi connectivity index (χ1v) is 11.0. The van der Waals surface area contributed by atoms with E-state index in [1.54, 1.807) is 11.8 Å². The van der Waals surface area contributed by atoms with E-state index in [1.165, 1.54) is 30.6 Å². The number of aryl methyl sites for hydroxylation is 1. The van der Waals surface area contributed by atoms with Gasteiger partial charge in [-0.25, -0.2) is 0 Å². The first-order valence-electron chi connectivity index (χ1n) is 9.99. The molecular formula is C23H29NO2S. The number of thioether (sulfide) groups is 1. The van der Waals surface area contributed by atoms with Crippen molar-refractivity contribution < 1.29 is 5.11 Å². The number of allylic oxidation sites excluding steroid dienone is 1. The normalized spacial score (nSPS) is 15.4. The molecule has 0 saturated heterocycles. The van der Waals surface area contributed by atoms with Crippen molar-refractivity contribution in [1.82, 2.24) is 4.98 Å². The molecule has 27 heavy (non-hydrogen) atoms. The largest absolute Gasteiger partial charge is 0.396 e. The summed E-state index contributed by atoms with van der Waals surface area (Å²) < 4.78 is 0. The molecule has 1 saturated carbocycles. The minimum absolute atomic E-state index is 0.0171. The van der Waals surface area contributed by atoms with Gasteiger partial charge in [0.15, 0.2) is 0 Å². The molecular weight excluding hydrogens is 354 g/mol. The molecule has 0 atom stereocenters. The Labute approximate surface area is 165 Å². The third-order valence-electron chi connectivity index (χ3n) is 5.20. The molecule has 1 aliphatic carbocycles. The third kappa shape index (κ3) is 5.36. The summed E-state index contributed by atoms with van der Waals surface area (Å²) >= 11 is 1.76. The van der Waals surface area contributed by atoms with Gasteiger partial charge in [0.25, 0.3) is 5.56 Å². The summed E-state index contributed by atoms with van der Waals surface area (Å²) in [5.74, 6) is 1.51. The van der Waals surface area contributed by atoms with Crippen molar-refractivity contribution >= 4 is 17.3 Å². The highest BCUT2D eigenvalue weighted by atomic mass is 32.2. The van der Waals surface area contributed by atoms with Crippen LogP contribution < -0.4 is 5.56 Å². The molecule has 0 unspecified atom stereocenters. The average molecular weight is 384 g/mol. The lowest BCUT2D eigenvalue weighted by molar-refractivity contribution is 0.296. The third-order valence-corrected chi connectivity index (χ3v) is 6.30. The van der Waals surface area contributed by atoms with Crippen molar-refractivity contribution in [2.24, 2.45) is 5.92 Å². The van der Waals surface area contributed by atoms with Crippen molar-refractivity contribution in [2.75, 3.05) is 12.4 Å². The lowest BCUT2D eigenvalue weighted by atomic mass is 9.95. The predicted octanol–water partition coefficient (Wildman–Crippen LogP) is 5.03. The molecule has 4 heteroatoms. The van der Waals surface area contributed by atoms with Crippen molar-refractivity contribution in [3.63, 3.8) is 0 Å². The number of hydrogen-bond donors (Lipinski definition) is 2. The van der Waals surface area contributed by atoms with E-state index in [0.717, 1.165) is 41.0 Å². The van der Waals surface area contributed by atoms with E-state index in [4.69, 9.17) is 5.11 Å². The second-order valence-electron chi connectivity index (χ2n) is 7.15. The van der Waals surface area contributed by atoms with Crippen LogP contribution in [0.1, 0.15) is 55.8 Å². The van der Waals surface area contributed by atoms with Crippen molar-refractivity contribution in [3.8, 4) is 0 Å². The van der Waals surface area contributed by atoms with E-state index >= 15 is 0 Å². The van der Waals surface area contributed by atoms with Gasteiger partial charge in [-0.2, -0.15) is 0 Å². The first-order chi connectivity index (χ1) is 13.2. The van der Waals surface area contributed by atoms with E-state index < -0.39 is 0 Å². The number of pyridine rings is 1. The second kappa shape index (κ2) is 9.95. The number of aliphatic hydroxyl groups is 1. The Bertz CT molecular complexity index is 817. The highest BCUT2D eigenvalue weighted by molar-refractivity contribution is 7.99. The summed E-state index contributed by atoms with van der Waals surface area (Å²) in [4.78, 5) is 16.6. The van der Waals surface area contributed by atoms with Crippen LogP contribution in [0.25, 0.3) is 5.57 Å². The molecule has 1 fully saturated rings. The molecule has 1 aliphatic rings. The van der Waals surface area contributed by atoms with Crippen molar-refractivity contribution in [1.29, 1.82) is 0 Å². The lowest BCUT2D eigenvalue weighted by Crippen LogP contribution is -2.13. The Morgan fingerprint density at radius 2 is 1.93 bits per heavy atom. The number of nitrogens with one attached hydrogen (secondary N) is 1. The topological polar surface area (TPSA) is 53.1 Å². The van der Waals surface area contributed by atoms with Gasteiger partial charge in [-0.15, -0.1) is 11.8 Å². The summed E-state index contributed by atoms with van der Waals surface area (Å²) in [7, 11) is 0. The number of hydrogen-bond acceptors (Lipinski definition) is 3. The molecule has 3 nitrogen and oxygen atoms in total.